The van der Waals surface area contributed by atoms with Gasteiger partial charge >= 0.3 is 0 Å². The van der Waals surface area contributed by atoms with Crippen molar-refractivity contribution in [3.8, 4) is 17.4 Å². The molecule has 2 aromatic heterocycles. The van der Waals surface area contributed by atoms with Gasteiger partial charge in [0.15, 0.2) is 17.3 Å². The molecule has 8 nitrogen and oxygen atoms in total. The molecule has 0 amide bonds. The van der Waals surface area contributed by atoms with Crippen LogP contribution in [0.25, 0.3) is 5.65 Å². The van der Waals surface area contributed by atoms with Gasteiger partial charge in [-0.05, 0) is 48.1 Å². The molecule has 8 heteroatoms. The molecular formula is C30H30N4O4. The molecule has 0 bridgehead atoms. The number of hydrogen-bond donors (Lipinski definition) is 0. The van der Waals surface area contributed by atoms with Gasteiger partial charge < -0.3 is 14.2 Å². The minimum atomic E-state index is -0.379. The number of rotatable bonds is 5. The van der Waals surface area contributed by atoms with Crippen molar-refractivity contribution in [1.82, 2.24) is 19.6 Å². The van der Waals surface area contributed by atoms with E-state index in [-0.39, 0.29) is 23.7 Å². The van der Waals surface area contributed by atoms with Crippen LogP contribution in [-0.4, -0.2) is 32.5 Å². The molecular weight excluding hydrogens is 480 g/mol. The number of ether oxygens (including phenoxy) is 3. The number of nitrogens with zero attached hydrogens (tertiary/aromatic N) is 4. The Balaban J connectivity index is 1.46. The fourth-order valence-electron chi connectivity index (χ4n) is 5.54. The van der Waals surface area contributed by atoms with E-state index < -0.39 is 0 Å². The second-order valence-electron chi connectivity index (χ2n) is 10.9. The SMILES string of the molecule is COc1ccc([C@@H]2C3=C(CC(C)(C)CC3=O)Oc3ncn4nc(COc5c(C)cccc5C)nc4c32)cc1. The highest BCUT2D eigenvalue weighted by atomic mass is 16.5. The van der Waals surface area contributed by atoms with Gasteiger partial charge in [0.1, 0.15) is 30.2 Å². The number of fused-ring (bicyclic) bond motifs is 3. The fraction of sp³-hybridized carbons (Fsp3) is 0.333. The van der Waals surface area contributed by atoms with Crippen molar-refractivity contribution < 1.29 is 19.0 Å². The van der Waals surface area contributed by atoms with E-state index in [4.69, 9.17) is 19.2 Å². The number of Topliss-reactive ketones (excluding diaryl/α,β-unsaturated/α-hetero) is 1. The Kier molecular flexibility index (Phi) is 5.70. The van der Waals surface area contributed by atoms with Gasteiger partial charge in [-0.2, -0.15) is 0 Å². The van der Waals surface area contributed by atoms with Crippen molar-refractivity contribution in [2.24, 2.45) is 5.41 Å². The number of carbonyl (C=O) groups is 1. The Morgan fingerprint density at radius 2 is 1.82 bits per heavy atom. The molecule has 2 aromatic carbocycles. The molecule has 0 saturated carbocycles. The molecule has 38 heavy (non-hydrogen) atoms. The summed E-state index contributed by atoms with van der Waals surface area (Å²) in [5.41, 5.74) is 4.87. The summed E-state index contributed by atoms with van der Waals surface area (Å²) in [5.74, 6) is 2.95. The van der Waals surface area contributed by atoms with Gasteiger partial charge in [0, 0.05) is 24.3 Å². The highest BCUT2D eigenvalue weighted by molar-refractivity contribution is 6.00. The Bertz CT molecular complexity index is 1580. The zero-order valence-corrected chi connectivity index (χ0v) is 22.2. The van der Waals surface area contributed by atoms with Crippen molar-refractivity contribution in [2.75, 3.05) is 7.11 Å². The van der Waals surface area contributed by atoms with E-state index >= 15 is 0 Å². The van der Waals surface area contributed by atoms with Crippen LogP contribution >= 0.6 is 0 Å². The minimum absolute atomic E-state index is 0.0859. The van der Waals surface area contributed by atoms with E-state index in [0.717, 1.165) is 33.8 Å². The predicted octanol–water partition coefficient (Wildman–Crippen LogP) is 5.50. The third-order valence-electron chi connectivity index (χ3n) is 7.31. The van der Waals surface area contributed by atoms with E-state index in [1.54, 1.807) is 18.0 Å². The second kappa shape index (κ2) is 8.97. The molecule has 1 aliphatic carbocycles. The third-order valence-corrected chi connectivity index (χ3v) is 7.31. The summed E-state index contributed by atoms with van der Waals surface area (Å²) < 4.78 is 19.5. The number of aromatic nitrogens is 4. The zero-order valence-electron chi connectivity index (χ0n) is 22.2. The average Bonchev–Trinajstić information content (AvgIpc) is 3.30. The molecule has 0 spiro atoms. The zero-order chi connectivity index (χ0) is 26.6. The van der Waals surface area contributed by atoms with Crippen molar-refractivity contribution >= 4 is 11.4 Å². The summed E-state index contributed by atoms with van der Waals surface area (Å²) in [7, 11) is 1.64. The number of aryl methyl sites for hydroxylation is 2. The standard InChI is InChI=1S/C30H30N4O4/c1-17-7-6-8-18(2)27(17)37-15-23-32-28-26-24(19-9-11-20(36-5)12-10-19)25-21(35)13-30(3,4)14-22(25)38-29(26)31-16-34(28)33-23/h6-12,16,24H,13-15H2,1-5H3/t24-/m1/s1. The lowest BCUT2D eigenvalue weighted by atomic mass is 9.70. The molecule has 6 rings (SSSR count). The molecule has 3 heterocycles. The monoisotopic (exact) mass is 510 g/mol. The molecule has 194 valence electrons. The Morgan fingerprint density at radius 1 is 1.08 bits per heavy atom. The smallest absolute Gasteiger partial charge is 0.228 e. The molecule has 4 aromatic rings. The van der Waals surface area contributed by atoms with Crippen LogP contribution in [0.5, 0.6) is 17.4 Å². The number of para-hydroxylation sites is 1. The van der Waals surface area contributed by atoms with Crippen molar-refractivity contribution in [3.05, 3.63) is 88.2 Å². The number of benzene rings is 2. The molecule has 0 saturated heterocycles. The Morgan fingerprint density at radius 3 is 2.53 bits per heavy atom. The highest BCUT2D eigenvalue weighted by Gasteiger charge is 2.44. The molecule has 1 atom stereocenters. The van der Waals surface area contributed by atoms with Crippen molar-refractivity contribution in [3.63, 3.8) is 0 Å². The largest absolute Gasteiger partial charge is 0.497 e. The van der Waals surface area contributed by atoms with Crippen LogP contribution in [-0.2, 0) is 11.4 Å². The minimum Gasteiger partial charge on any atom is -0.497 e. The lowest BCUT2D eigenvalue weighted by Crippen LogP contribution is -2.33. The second-order valence-corrected chi connectivity index (χ2v) is 10.9. The van der Waals surface area contributed by atoms with E-state index in [2.05, 4.69) is 23.9 Å². The van der Waals surface area contributed by atoms with Crippen LogP contribution in [0.4, 0.5) is 0 Å². The lowest BCUT2D eigenvalue weighted by molar-refractivity contribution is -0.118. The fourth-order valence-corrected chi connectivity index (χ4v) is 5.54. The summed E-state index contributed by atoms with van der Waals surface area (Å²) in [6.45, 7) is 8.42. The first-order chi connectivity index (χ1) is 18.2. The van der Waals surface area contributed by atoms with Crippen LogP contribution in [0.15, 0.2) is 60.1 Å². The van der Waals surface area contributed by atoms with E-state index in [1.807, 2.05) is 56.3 Å². The number of allylic oxidation sites excluding steroid dienone is 2. The maximum atomic E-state index is 13.6. The molecule has 0 radical (unpaired) electrons. The number of carbonyl (C=O) groups excluding carboxylic acids is 1. The number of hydrogen-bond acceptors (Lipinski definition) is 7. The van der Waals surface area contributed by atoms with Gasteiger partial charge in [-0.15, -0.1) is 5.10 Å². The summed E-state index contributed by atoms with van der Waals surface area (Å²) in [4.78, 5) is 23.0. The van der Waals surface area contributed by atoms with Crippen molar-refractivity contribution in [1.29, 1.82) is 0 Å². The van der Waals surface area contributed by atoms with E-state index in [0.29, 0.717) is 41.5 Å². The maximum Gasteiger partial charge on any atom is 0.228 e. The summed E-state index contributed by atoms with van der Waals surface area (Å²) in [5, 5.41) is 4.64. The summed E-state index contributed by atoms with van der Waals surface area (Å²) >= 11 is 0. The first-order valence-electron chi connectivity index (χ1n) is 12.8. The van der Waals surface area contributed by atoms with Gasteiger partial charge in [0.05, 0.1) is 12.7 Å². The average molecular weight is 511 g/mol. The van der Waals surface area contributed by atoms with Gasteiger partial charge in [0.25, 0.3) is 0 Å². The first kappa shape index (κ1) is 24.2. The van der Waals surface area contributed by atoms with Crippen LogP contribution in [0.3, 0.4) is 0 Å². The lowest BCUT2D eigenvalue weighted by Gasteiger charge is -2.37. The number of ketones is 1. The van der Waals surface area contributed by atoms with Gasteiger partial charge in [0.2, 0.25) is 5.88 Å². The van der Waals surface area contributed by atoms with Crippen molar-refractivity contribution in [2.45, 2.75) is 53.1 Å². The molecule has 2 aliphatic rings. The number of methoxy groups -OCH3 is 1. The first-order valence-corrected chi connectivity index (χ1v) is 12.8. The Labute approximate surface area is 221 Å². The van der Waals surface area contributed by atoms with E-state index in [1.165, 1.54) is 0 Å². The van der Waals surface area contributed by atoms with Gasteiger partial charge in [-0.1, -0.05) is 44.2 Å². The van der Waals surface area contributed by atoms with E-state index in [9.17, 15) is 4.79 Å². The molecule has 0 fully saturated rings. The maximum absolute atomic E-state index is 13.6. The molecule has 0 unspecified atom stereocenters. The molecule has 1 aliphatic heterocycles. The highest BCUT2D eigenvalue weighted by Crippen LogP contribution is 2.50. The summed E-state index contributed by atoms with van der Waals surface area (Å²) in [6, 6.07) is 13.8. The summed E-state index contributed by atoms with van der Waals surface area (Å²) in [6.07, 6.45) is 2.72. The van der Waals surface area contributed by atoms with Gasteiger partial charge in [-0.3, -0.25) is 4.79 Å². The van der Waals surface area contributed by atoms with Gasteiger partial charge in [-0.25, -0.2) is 14.5 Å². The normalized spacial score (nSPS) is 18.1. The third kappa shape index (κ3) is 4.10. The van der Waals surface area contributed by atoms with Crippen LogP contribution in [0.2, 0.25) is 0 Å². The van der Waals surface area contributed by atoms with Crippen LogP contribution < -0.4 is 14.2 Å². The van der Waals surface area contributed by atoms with Crippen LogP contribution in [0.1, 0.15) is 60.7 Å². The topological polar surface area (TPSA) is 87.8 Å². The van der Waals surface area contributed by atoms with Crippen LogP contribution in [0, 0.1) is 19.3 Å². The quantitative estimate of drug-likeness (QED) is 0.350. The molecule has 0 N–H and O–H groups in total. The Hall–Kier alpha value is -4.20. The predicted molar refractivity (Wildman–Crippen MR) is 142 cm³/mol.